The van der Waals surface area contributed by atoms with Crippen LogP contribution in [-0.4, -0.2) is 62.4 Å². The molecule has 2 aromatic heterocycles. The van der Waals surface area contributed by atoms with E-state index in [1.54, 1.807) is 36.4 Å². The second kappa shape index (κ2) is 13.5. The fourth-order valence-electron chi connectivity index (χ4n) is 5.76. The molecule has 1 atom stereocenters. The lowest BCUT2D eigenvalue weighted by molar-refractivity contribution is -0.00608. The number of ether oxygens (including phenoxy) is 3. The molecule has 44 heavy (non-hydrogen) atoms. The number of aromatic nitrogens is 3. The molecule has 228 valence electrons. The van der Waals surface area contributed by atoms with E-state index in [-0.39, 0.29) is 29.9 Å². The topological polar surface area (TPSA) is 123 Å². The lowest BCUT2D eigenvalue weighted by atomic mass is 10.1. The van der Waals surface area contributed by atoms with Crippen LogP contribution in [0.3, 0.4) is 0 Å². The van der Waals surface area contributed by atoms with E-state index in [0.717, 1.165) is 67.9 Å². The summed E-state index contributed by atoms with van der Waals surface area (Å²) in [5, 5.41) is 18.4. The van der Waals surface area contributed by atoms with Crippen LogP contribution in [0.4, 0.5) is 4.39 Å². The Hall–Kier alpha value is -4.37. The van der Waals surface area contributed by atoms with E-state index in [0.29, 0.717) is 31.1 Å². The van der Waals surface area contributed by atoms with Crippen molar-refractivity contribution in [3.05, 3.63) is 88.6 Å². The SMILES string of the molecule is N#Cc1ccc(COc2cccc(COC3CCN(Cc4nc5ccc(C(=O)O)cc5n4C[C@@H]4CCCO4)CC3)n2)c(F)c1. The average Bonchev–Trinajstić information content (AvgIpc) is 3.68. The van der Waals surface area contributed by atoms with Crippen LogP contribution in [0.25, 0.3) is 11.0 Å². The van der Waals surface area contributed by atoms with Gasteiger partial charge >= 0.3 is 5.97 Å². The highest BCUT2D eigenvalue weighted by Crippen LogP contribution is 2.25. The van der Waals surface area contributed by atoms with E-state index in [1.807, 2.05) is 18.2 Å². The molecule has 2 aliphatic rings. The van der Waals surface area contributed by atoms with Gasteiger partial charge in [0.15, 0.2) is 0 Å². The van der Waals surface area contributed by atoms with Gasteiger partial charge in [0.2, 0.25) is 5.88 Å². The minimum absolute atomic E-state index is 0.00944. The minimum Gasteiger partial charge on any atom is -0.478 e. The first kappa shape index (κ1) is 29.7. The molecular formula is C33H34FN5O5. The molecule has 2 aliphatic heterocycles. The van der Waals surface area contributed by atoms with Crippen LogP contribution >= 0.6 is 0 Å². The van der Waals surface area contributed by atoms with Gasteiger partial charge in [-0.3, -0.25) is 4.90 Å². The predicted molar refractivity (Wildman–Crippen MR) is 158 cm³/mol. The first-order valence-electron chi connectivity index (χ1n) is 14.9. The Morgan fingerprint density at radius 2 is 1.95 bits per heavy atom. The molecule has 2 saturated heterocycles. The molecule has 0 bridgehead atoms. The van der Waals surface area contributed by atoms with Crippen molar-refractivity contribution in [1.29, 1.82) is 5.26 Å². The smallest absolute Gasteiger partial charge is 0.335 e. The fourth-order valence-corrected chi connectivity index (χ4v) is 5.76. The van der Waals surface area contributed by atoms with Gasteiger partial charge in [-0.25, -0.2) is 19.2 Å². The van der Waals surface area contributed by atoms with Crippen LogP contribution in [-0.2, 0) is 35.8 Å². The van der Waals surface area contributed by atoms with Crippen LogP contribution < -0.4 is 4.74 Å². The van der Waals surface area contributed by atoms with E-state index in [1.165, 1.54) is 6.07 Å². The molecule has 0 saturated carbocycles. The van der Waals surface area contributed by atoms with Gasteiger partial charge in [0.05, 0.1) is 65.8 Å². The molecule has 4 aromatic rings. The summed E-state index contributed by atoms with van der Waals surface area (Å²) in [6.07, 6.45) is 3.95. The van der Waals surface area contributed by atoms with Crippen LogP contribution in [0.2, 0.25) is 0 Å². The van der Waals surface area contributed by atoms with Crippen LogP contribution in [0.5, 0.6) is 5.88 Å². The third-order valence-electron chi connectivity index (χ3n) is 8.19. The van der Waals surface area contributed by atoms with Crippen molar-refractivity contribution >= 4 is 17.0 Å². The maximum Gasteiger partial charge on any atom is 0.335 e. The van der Waals surface area contributed by atoms with Crippen LogP contribution in [0, 0.1) is 17.1 Å². The third-order valence-corrected chi connectivity index (χ3v) is 8.19. The standard InChI is InChI=1S/C33H34FN5O5/c34-28-15-22(17-35)6-7-24(28)20-44-32-5-1-3-25(36-32)21-43-26-10-12-38(13-11-26)19-31-37-29-9-8-23(33(40)41)16-30(29)39(31)18-27-4-2-14-42-27/h1,3,5-9,15-16,26-27H,2,4,10-14,18-21H2,(H,40,41)/t27-/m0/s1. The maximum atomic E-state index is 14.2. The van der Waals surface area contributed by atoms with Crippen molar-refractivity contribution in [2.45, 2.75) is 64.2 Å². The second-order valence-electron chi connectivity index (χ2n) is 11.2. The van der Waals surface area contributed by atoms with Crippen molar-refractivity contribution in [1.82, 2.24) is 19.4 Å². The van der Waals surface area contributed by atoms with Crippen molar-refractivity contribution in [2.24, 2.45) is 0 Å². The van der Waals surface area contributed by atoms with Crippen LogP contribution in [0.1, 0.15) is 58.7 Å². The summed E-state index contributed by atoms with van der Waals surface area (Å²) in [5.74, 6) is -0.138. The number of hydrogen-bond donors (Lipinski definition) is 1. The van der Waals surface area contributed by atoms with Crippen molar-refractivity contribution < 1.29 is 28.5 Å². The van der Waals surface area contributed by atoms with Gasteiger partial charge in [-0.1, -0.05) is 12.1 Å². The Balaban J connectivity index is 1.03. The number of carbonyl (C=O) groups is 1. The summed E-state index contributed by atoms with van der Waals surface area (Å²) in [5.41, 5.74) is 3.22. The predicted octanol–water partition coefficient (Wildman–Crippen LogP) is 5.08. The Labute approximate surface area is 254 Å². The molecule has 0 amide bonds. The molecule has 11 heteroatoms. The summed E-state index contributed by atoms with van der Waals surface area (Å²) in [6.45, 7) is 4.13. The highest BCUT2D eigenvalue weighted by molar-refractivity contribution is 5.92. The number of aromatic carboxylic acids is 1. The van der Waals surface area contributed by atoms with Crippen molar-refractivity contribution in [3.8, 4) is 11.9 Å². The number of rotatable bonds is 11. The minimum atomic E-state index is -0.951. The van der Waals surface area contributed by atoms with E-state index in [4.69, 9.17) is 24.5 Å². The van der Waals surface area contributed by atoms with E-state index < -0.39 is 11.8 Å². The number of benzene rings is 2. The van der Waals surface area contributed by atoms with E-state index >= 15 is 0 Å². The molecule has 1 N–H and O–H groups in total. The molecule has 10 nitrogen and oxygen atoms in total. The zero-order chi connectivity index (χ0) is 30.5. The Bertz CT molecular complexity index is 1670. The summed E-state index contributed by atoms with van der Waals surface area (Å²) >= 11 is 0. The molecule has 0 aliphatic carbocycles. The average molecular weight is 600 g/mol. The number of likely N-dealkylation sites (tertiary alicyclic amines) is 1. The van der Waals surface area contributed by atoms with Gasteiger partial charge in [0.25, 0.3) is 0 Å². The molecule has 0 unspecified atom stereocenters. The van der Waals surface area contributed by atoms with Crippen molar-refractivity contribution in [3.63, 3.8) is 0 Å². The number of nitrogens with zero attached hydrogens (tertiary/aromatic N) is 5. The van der Waals surface area contributed by atoms with Gasteiger partial charge in [0.1, 0.15) is 18.2 Å². The Kier molecular flexibility index (Phi) is 9.12. The number of fused-ring (bicyclic) bond motifs is 1. The number of halogens is 1. The molecule has 6 rings (SSSR count). The largest absolute Gasteiger partial charge is 0.478 e. The van der Waals surface area contributed by atoms with Gasteiger partial charge in [0, 0.05) is 31.3 Å². The lowest BCUT2D eigenvalue weighted by Gasteiger charge is -2.31. The zero-order valence-corrected chi connectivity index (χ0v) is 24.3. The normalized spacial score (nSPS) is 17.6. The number of pyridine rings is 1. The van der Waals surface area contributed by atoms with Gasteiger partial charge < -0.3 is 23.9 Å². The first-order chi connectivity index (χ1) is 21.4. The molecule has 2 fully saturated rings. The highest BCUT2D eigenvalue weighted by Gasteiger charge is 2.25. The monoisotopic (exact) mass is 599 g/mol. The first-order valence-corrected chi connectivity index (χ1v) is 14.9. The Morgan fingerprint density at radius 1 is 1.09 bits per heavy atom. The van der Waals surface area contributed by atoms with Crippen molar-refractivity contribution in [2.75, 3.05) is 19.7 Å². The van der Waals surface area contributed by atoms with Gasteiger partial charge in [-0.2, -0.15) is 5.26 Å². The van der Waals surface area contributed by atoms with E-state index in [9.17, 15) is 14.3 Å². The maximum absolute atomic E-state index is 14.2. The second-order valence-corrected chi connectivity index (χ2v) is 11.2. The molecular weight excluding hydrogens is 565 g/mol. The van der Waals surface area contributed by atoms with Crippen LogP contribution in [0.15, 0.2) is 54.6 Å². The zero-order valence-electron chi connectivity index (χ0n) is 24.3. The third kappa shape index (κ3) is 7.05. The summed E-state index contributed by atoms with van der Waals surface area (Å²) in [6, 6.07) is 16.7. The molecule has 0 spiro atoms. The quantitative estimate of drug-likeness (QED) is 0.251. The summed E-state index contributed by atoms with van der Waals surface area (Å²) in [7, 11) is 0. The number of carboxylic acid groups (broad SMARTS) is 1. The van der Waals surface area contributed by atoms with Gasteiger partial charge in [-0.05, 0) is 62.1 Å². The Morgan fingerprint density at radius 3 is 2.70 bits per heavy atom. The summed E-state index contributed by atoms with van der Waals surface area (Å²) < 4.78 is 34.1. The number of imidazole rings is 1. The number of nitriles is 1. The molecule has 2 aromatic carbocycles. The number of carboxylic acids is 1. The molecule has 0 radical (unpaired) electrons. The summed E-state index contributed by atoms with van der Waals surface area (Å²) in [4.78, 5) is 23.4. The number of hydrogen-bond acceptors (Lipinski definition) is 8. The number of piperidine rings is 1. The highest BCUT2D eigenvalue weighted by atomic mass is 19.1. The van der Waals surface area contributed by atoms with Gasteiger partial charge in [-0.15, -0.1) is 0 Å². The van der Waals surface area contributed by atoms with E-state index in [2.05, 4.69) is 14.5 Å². The lowest BCUT2D eigenvalue weighted by Crippen LogP contribution is -2.37. The fraction of sp³-hybridized carbons (Fsp3) is 0.394. The molecule has 4 heterocycles.